The summed E-state index contributed by atoms with van der Waals surface area (Å²) in [5, 5.41) is 7.31. The second kappa shape index (κ2) is 9.22. The molecule has 27 heavy (non-hydrogen) atoms. The summed E-state index contributed by atoms with van der Waals surface area (Å²) < 4.78 is 0. The molecular formula is C21H27N3O2S. The molecule has 6 heteroatoms. The minimum absolute atomic E-state index is 0.0337. The van der Waals surface area contributed by atoms with Gasteiger partial charge < -0.3 is 10.6 Å². The van der Waals surface area contributed by atoms with Crippen LogP contribution in [0.1, 0.15) is 44.4 Å². The second-order valence-electron chi connectivity index (χ2n) is 6.96. The largest absolute Gasteiger partial charge is 0.384 e. The fraction of sp³-hybridized carbons (Fsp3) is 0.476. The minimum Gasteiger partial charge on any atom is -0.384 e. The minimum atomic E-state index is -0.341. The number of nitrogens with zero attached hydrogens (tertiary/aromatic N) is 1. The van der Waals surface area contributed by atoms with Crippen molar-refractivity contribution in [2.45, 2.75) is 51.2 Å². The first-order valence-corrected chi connectivity index (χ1v) is 10.5. The summed E-state index contributed by atoms with van der Waals surface area (Å²) in [6, 6.07) is 8.29. The van der Waals surface area contributed by atoms with E-state index >= 15 is 0 Å². The zero-order valence-corrected chi connectivity index (χ0v) is 16.8. The molecule has 144 valence electrons. The van der Waals surface area contributed by atoms with Gasteiger partial charge in [-0.2, -0.15) is 0 Å². The first kappa shape index (κ1) is 19.7. The van der Waals surface area contributed by atoms with E-state index in [1.807, 2.05) is 6.07 Å². The molecule has 1 aromatic carbocycles. The normalized spacial score (nSPS) is 14.4. The number of thioether (sulfide) groups is 1. The van der Waals surface area contributed by atoms with E-state index < -0.39 is 0 Å². The number of nitrogens with one attached hydrogen (secondary N) is 2. The Hall–Kier alpha value is -2.08. The Kier molecular flexibility index (Phi) is 6.72. The Morgan fingerprint density at radius 2 is 1.96 bits per heavy atom. The smallest absolute Gasteiger partial charge is 0.233 e. The lowest BCUT2D eigenvalue weighted by Crippen LogP contribution is -2.32. The molecule has 0 bridgehead atoms. The van der Waals surface area contributed by atoms with Crippen molar-refractivity contribution >= 4 is 39.4 Å². The van der Waals surface area contributed by atoms with Crippen LogP contribution in [0.2, 0.25) is 0 Å². The van der Waals surface area contributed by atoms with Crippen molar-refractivity contribution < 1.29 is 9.59 Å². The van der Waals surface area contributed by atoms with Crippen LogP contribution in [0.3, 0.4) is 0 Å². The van der Waals surface area contributed by atoms with Gasteiger partial charge in [-0.05, 0) is 50.7 Å². The van der Waals surface area contributed by atoms with Gasteiger partial charge in [-0.15, -0.1) is 0 Å². The zero-order valence-electron chi connectivity index (χ0n) is 16.0. The van der Waals surface area contributed by atoms with Crippen LogP contribution in [0, 0.1) is 0 Å². The van der Waals surface area contributed by atoms with Gasteiger partial charge in [0.05, 0.1) is 10.8 Å². The summed E-state index contributed by atoms with van der Waals surface area (Å²) in [5.41, 5.74) is 4.84. The van der Waals surface area contributed by atoms with Gasteiger partial charge in [-0.1, -0.05) is 30.0 Å². The summed E-state index contributed by atoms with van der Waals surface area (Å²) in [7, 11) is 0. The van der Waals surface area contributed by atoms with Crippen LogP contribution in [-0.4, -0.2) is 34.3 Å². The van der Waals surface area contributed by atoms with E-state index in [0.29, 0.717) is 6.54 Å². The number of aryl methyl sites for hydroxylation is 1. The molecule has 1 aliphatic rings. The highest BCUT2D eigenvalue weighted by Crippen LogP contribution is 2.33. The van der Waals surface area contributed by atoms with Crippen LogP contribution in [0.15, 0.2) is 24.3 Å². The maximum Gasteiger partial charge on any atom is 0.233 e. The monoisotopic (exact) mass is 385 g/mol. The highest BCUT2D eigenvalue weighted by molar-refractivity contribution is 8.14. The lowest BCUT2D eigenvalue weighted by Gasteiger charge is -2.21. The Morgan fingerprint density at radius 3 is 2.78 bits per heavy atom. The van der Waals surface area contributed by atoms with Gasteiger partial charge in [0.2, 0.25) is 5.91 Å². The topological polar surface area (TPSA) is 71.1 Å². The molecule has 0 saturated heterocycles. The summed E-state index contributed by atoms with van der Waals surface area (Å²) in [5.74, 6) is -0.0815. The fourth-order valence-corrected chi connectivity index (χ4v) is 4.22. The third-order valence-electron chi connectivity index (χ3n) is 4.84. The van der Waals surface area contributed by atoms with E-state index in [4.69, 9.17) is 4.98 Å². The first-order chi connectivity index (χ1) is 13.1. The van der Waals surface area contributed by atoms with E-state index in [1.54, 1.807) is 6.92 Å². The SMILES string of the molecule is CC(=O)SC(C)C(=O)NCCCNc1c2c(nc3ccccc13)CCCC2. The lowest BCUT2D eigenvalue weighted by atomic mass is 9.92. The van der Waals surface area contributed by atoms with Crippen LogP contribution in [0.4, 0.5) is 5.69 Å². The number of aromatic nitrogens is 1. The number of hydrogen-bond acceptors (Lipinski definition) is 5. The van der Waals surface area contributed by atoms with Crippen molar-refractivity contribution in [3.05, 3.63) is 35.5 Å². The molecule has 1 unspecified atom stereocenters. The fourth-order valence-electron chi connectivity index (χ4n) is 3.53. The molecule has 0 spiro atoms. The number of carbonyl (C=O) groups excluding carboxylic acids is 2. The quantitative estimate of drug-likeness (QED) is 0.711. The van der Waals surface area contributed by atoms with Crippen LogP contribution in [-0.2, 0) is 22.4 Å². The number of carbonyl (C=O) groups is 2. The number of para-hydroxylation sites is 1. The number of fused-ring (bicyclic) bond motifs is 2. The van der Waals surface area contributed by atoms with Crippen molar-refractivity contribution in [3.8, 4) is 0 Å². The average molecular weight is 386 g/mol. The van der Waals surface area contributed by atoms with E-state index in [1.165, 1.54) is 42.1 Å². The Balaban J connectivity index is 1.59. The van der Waals surface area contributed by atoms with Crippen LogP contribution in [0.25, 0.3) is 10.9 Å². The van der Waals surface area contributed by atoms with Gasteiger partial charge in [0.25, 0.3) is 0 Å². The lowest BCUT2D eigenvalue weighted by molar-refractivity contribution is -0.120. The molecule has 5 nitrogen and oxygen atoms in total. The summed E-state index contributed by atoms with van der Waals surface area (Å²) in [6.45, 7) is 4.63. The Morgan fingerprint density at radius 1 is 1.19 bits per heavy atom. The molecular weight excluding hydrogens is 358 g/mol. The van der Waals surface area contributed by atoms with Gasteiger partial charge in [-0.3, -0.25) is 14.6 Å². The standard InChI is InChI=1S/C21H27N3O2S/c1-14(27-15(2)25)21(26)23-13-7-12-22-20-16-8-3-5-10-18(16)24-19-11-6-4-9-17(19)20/h3,5,8,10,14H,4,6-7,9,11-13H2,1-2H3,(H,22,24)(H,23,26). The maximum absolute atomic E-state index is 12.0. The molecule has 0 radical (unpaired) electrons. The molecule has 0 saturated carbocycles. The van der Waals surface area contributed by atoms with E-state index in [2.05, 4.69) is 28.8 Å². The maximum atomic E-state index is 12.0. The van der Waals surface area contributed by atoms with Gasteiger partial charge in [0, 0.05) is 36.8 Å². The molecule has 2 aromatic rings. The Labute approximate surface area is 164 Å². The van der Waals surface area contributed by atoms with E-state index in [-0.39, 0.29) is 16.3 Å². The number of amides is 1. The molecule has 3 rings (SSSR count). The molecule has 0 fully saturated rings. The van der Waals surface area contributed by atoms with Gasteiger partial charge in [0.15, 0.2) is 5.12 Å². The predicted octanol–water partition coefficient (Wildman–Crippen LogP) is 3.70. The van der Waals surface area contributed by atoms with Gasteiger partial charge in [0.1, 0.15) is 0 Å². The molecule has 1 atom stereocenters. The molecule has 0 aliphatic heterocycles. The first-order valence-electron chi connectivity index (χ1n) is 9.65. The van der Waals surface area contributed by atoms with Crippen LogP contribution in [0.5, 0.6) is 0 Å². The van der Waals surface area contributed by atoms with Crippen molar-refractivity contribution in [3.63, 3.8) is 0 Å². The van der Waals surface area contributed by atoms with Crippen molar-refractivity contribution in [1.82, 2.24) is 10.3 Å². The van der Waals surface area contributed by atoms with Crippen molar-refractivity contribution in [1.29, 1.82) is 0 Å². The van der Waals surface area contributed by atoms with Crippen LogP contribution >= 0.6 is 11.8 Å². The summed E-state index contributed by atoms with van der Waals surface area (Å²) >= 11 is 1.07. The highest BCUT2D eigenvalue weighted by Gasteiger charge is 2.18. The van der Waals surface area contributed by atoms with Gasteiger partial charge >= 0.3 is 0 Å². The third-order valence-corrected chi connectivity index (χ3v) is 5.74. The van der Waals surface area contributed by atoms with E-state index in [9.17, 15) is 9.59 Å². The molecule has 2 N–H and O–H groups in total. The van der Waals surface area contributed by atoms with Gasteiger partial charge in [-0.25, -0.2) is 0 Å². The summed E-state index contributed by atoms with van der Waals surface area (Å²) in [6.07, 6.45) is 5.38. The summed E-state index contributed by atoms with van der Waals surface area (Å²) in [4.78, 5) is 27.9. The van der Waals surface area contributed by atoms with Crippen LogP contribution < -0.4 is 10.6 Å². The number of hydrogen-bond donors (Lipinski definition) is 2. The van der Waals surface area contributed by atoms with Crippen molar-refractivity contribution in [2.24, 2.45) is 0 Å². The second-order valence-corrected chi connectivity index (χ2v) is 8.48. The van der Waals surface area contributed by atoms with Crippen molar-refractivity contribution in [2.75, 3.05) is 18.4 Å². The third kappa shape index (κ3) is 5.01. The molecule has 1 aliphatic carbocycles. The molecule has 1 amide bonds. The number of anilines is 1. The van der Waals surface area contributed by atoms with E-state index in [0.717, 1.165) is 43.1 Å². The Bertz CT molecular complexity index is 838. The number of rotatable bonds is 7. The molecule has 1 aromatic heterocycles. The predicted molar refractivity (Wildman–Crippen MR) is 112 cm³/mol. The number of benzene rings is 1. The zero-order chi connectivity index (χ0) is 19.2. The average Bonchev–Trinajstić information content (AvgIpc) is 2.66. The number of pyridine rings is 1. The molecule has 1 heterocycles. The highest BCUT2D eigenvalue weighted by atomic mass is 32.2.